The van der Waals surface area contributed by atoms with E-state index in [0.29, 0.717) is 5.92 Å². The third-order valence-electron chi connectivity index (χ3n) is 4.80. The van der Waals surface area contributed by atoms with Crippen LogP contribution in [0.4, 0.5) is 0 Å². The van der Waals surface area contributed by atoms with Crippen LogP contribution < -0.4 is 5.32 Å². The quantitative estimate of drug-likeness (QED) is 0.659. The standard InChI is InChI=1S/C20H28N4S/c1-15-19(25-16(2)23-15)9-11-22-20(21-3)24-12-10-18(14-24)13-17-7-5-4-6-8-17/h4-8,18H,9-14H2,1-3H3,(H,21,22). The lowest BCUT2D eigenvalue weighted by Crippen LogP contribution is -2.41. The molecule has 0 bridgehead atoms. The Kier molecular flexibility index (Phi) is 6.08. The van der Waals surface area contributed by atoms with Crippen molar-refractivity contribution in [2.45, 2.75) is 33.1 Å². The predicted octanol–water partition coefficient (Wildman–Crippen LogP) is 3.44. The second kappa shape index (κ2) is 8.48. The summed E-state index contributed by atoms with van der Waals surface area (Å²) in [6, 6.07) is 10.8. The molecule has 1 unspecified atom stereocenters. The second-order valence-corrected chi connectivity index (χ2v) is 8.04. The first-order chi connectivity index (χ1) is 12.2. The molecule has 2 aromatic rings. The van der Waals surface area contributed by atoms with Gasteiger partial charge in [-0.05, 0) is 38.2 Å². The minimum absolute atomic E-state index is 0.715. The summed E-state index contributed by atoms with van der Waals surface area (Å²) in [7, 11) is 1.88. The molecule has 1 aliphatic heterocycles. The Morgan fingerprint density at radius 3 is 2.80 bits per heavy atom. The van der Waals surface area contributed by atoms with Gasteiger partial charge in [-0.15, -0.1) is 11.3 Å². The molecule has 1 N–H and O–H groups in total. The van der Waals surface area contributed by atoms with Gasteiger partial charge in [0.25, 0.3) is 0 Å². The fourth-order valence-corrected chi connectivity index (χ4v) is 4.50. The SMILES string of the molecule is CN=C(NCCc1sc(C)nc1C)N1CCC(Cc2ccccc2)C1. The largest absolute Gasteiger partial charge is 0.356 e. The third-order valence-corrected chi connectivity index (χ3v) is 5.93. The number of rotatable bonds is 5. The molecule has 0 spiro atoms. The van der Waals surface area contributed by atoms with E-state index in [9.17, 15) is 0 Å². The van der Waals surface area contributed by atoms with Crippen LogP contribution in [0.5, 0.6) is 0 Å². The Morgan fingerprint density at radius 1 is 1.32 bits per heavy atom. The van der Waals surface area contributed by atoms with Crippen LogP contribution in [-0.4, -0.2) is 42.5 Å². The molecule has 5 heteroatoms. The summed E-state index contributed by atoms with van der Waals surface area (Å²) >= 11 is 1.80. The summed E-state index contributed by atoms with van der Waals surface area (Å²) in [5, 5.41) is 4.69. The molecule has 3 rings (SSSR count). The van der Waals surface area contributed by atoms with Gasteiger partial charge in [0.05, 0.1) is 10.7 Å². The highest BCUT2D eigenvalue weighted by atomic mass is 32.1. The molecule has 1 fully saturated rings. The zero-order chi connectivity index (χ0) is 17.6. The van der Waals surface area contributed by atoms with E-state index in [2.05, 4.69) is 64.4 Å². The Hall–Kier alpha value is -1.88. The third kappa shape index (κ3) is 4.82. The van der Waals surface area contributed by atoms with Gasteiger partial charge >= 0.3 is 0 Å². The Labute approximate surface area is 155 Å². The minimum Gasteiger partial charge on any atom is -0.356 e. The van der Waals surface area contributed by atoms with Crippen LogP contribution in [0.25, 0.3) is 0 Å². The maximum absolute atomic E-state index is 4.51. The molecule has 134 valence electrons. The number of hydrogen-bond donors (Lipinski definition) is 1. The van der Waals surface area contributed by atoms with Gasteiger partial charge in [0.15, 0.2) is 5.96 Å². The molecule has 1 aliphatic rings. The van der Waals surface area contributed by atoms with E-state index in [4.69, 9.17) is 0 Å². The van der Waals surface area contributed by atoms with Crippen LogP contribution in [0.1, 0.15) is 27.6 Å². The number of aromatic nitrogens is 1. The average molecular weight is 357 g/mol. The topological polar surface area (TPSA) is 40.5 Å². The molecule has 1 aromatic heterocycles. The van der Waals surface area contributed by atoms with Crippen molar-refractivity contribution in [2.75, 3.05) is 26.7 Å². The van der Waals surface area contributed by atoms with E-state index in [1.165, 1.54) is 22.6 Å². The average Bonchev–Trinajstić information content (AvgIpc) is 3.19. The Morgan fingerprint density at radius 2 is 2.12 bits per heavy atom. The second-order valence-electron chi connectivity index (χ2n) is 6.76. The summed E-state index contributed by atoms with van der Waals surface area (Å²) in [6.45, 7) is 7.27. The molecule has 1 atom stereocenters. The van der Waals surface area contributed by atoms with Crippen LogP contribution in [0.2, 0.25) is 0 Å². The number of aliphatic imine (C=N–C) groups is 1. The monoisotopic (exact) mass is 356 g/mol. The van der Waals surface area contributed by atoms with Crippen LogP contribution in [-0.2, 0) is 12.8 Å². The van der Waals surface area contributed by atoms with Crippen molar-refractivity contribution >= 4 is 17.3 Å². The Bertz CT molecular complexity index is 708. The first-order valence-electron chi connectivity index (χ1n) is 9.08. The van der Waals surface area contributed by atoms with Crippen LogP contribution in [0, 0.1) is 19.8 Å². The van der Waals surface area contributed by atoms with Crippen LogP contribution in [0.15, 0.2) is 35.3 Å². The molecule has 2 heterocycles. The fraction of sp³-hybridized carbons (Fsp3) is 0.500. The molecular formula is C20H28N4S. The molecule has 4 nitrogen and oxygen atoms in total. The van der Waals surface area contributed by atoms with Gasteiger partial charge in [0, 0.05) is 38.0 Å². The first kappa shape index (κ1) is 17.9. The molecule has 25 heavy (non-hydrogen) atoms. The molecule has 0 amide bonds. The van der Waals surface area contributed by atoms with E-state index < -0.39 is 0 Å². The number of guanidine groups is 1. The maximum atomic E-state index is 4.51. The number of hydrogen-bond acceptors (Lipinski definition) is 3. The highest BCUT2D eigenvalue weighted by Crippen LogP contribution is 2.21. The lowest BCUT2D eigenvalue weighted by Gasteiger charge is -2.21. The zero-order valence-corrected chi connectivity index (χ0v) is 16.3. The number of nitrogens with zero attached hydrogens (tertiary/aromatic N) is 3. The molecule has 0 saturated carbocycles. The smallest absolute Gasteiger partial charge is 0.193 e. The highest BCUT2D eigenvalue weighted by molar-refractivity contribution is 7.11. The van der Waals surface area contributed by atoms with Crippen molar-refractivity contribution in [2.24, 2.45) is 10.9 Å². The fourth-order valence-electron chi connectivity index (χ4n) is 3.56. The highest BCUT2D eigenvalue weighted by Gasteiger charge is 2.24. The predicted molar refractivity (Wildman–Crippen MR) is 106 cm³/mol. The molecule has 0 aliphatic carbocycles. The van der Waals surface area contributed by atoms with E-state index in [1.807, 2.05) is 7.05 Å². The van der Waals surface area contributed by atoms with Gasteiger partial charge in [-0.3, -0.25) is 4.99 Å². The van der Waals surface area contributed by atoms with Crippen molar-refractivity contribution in [1.29, 1.82) is 0 Å². The molecule has 1 aromatic carbocycles. The van der Waals surface area contributed by atoms with Gasteiger partial charge < -0.3 is 10.2 Å². The number of aryl methyl sites for hydroxylation is 2. The summed E-state index contributed by atoms with van der Waals surface area (Å²) in [5.41, 5.74) is 2.61. The maximum Gasteiger partial charge on any atom is 0.193 e. The van der Waals surface area contributed by atoms with E-state index in [-0.39, 0.29) is 0 Å². The number of nitrogens with one attached hydrogen (secondary N) is 1. The molecule has 0 radical (unpaired) electrons. The minimum atomic E-state index is 0.715. The van der Waals surface area contributed by atoms with E-state index in [1.54, 1.807) is 11.3 Å². The molecular weight excluding hydrogens is 328 g/mol. The van der Waals surface area contributed by atoms with Gasteiger partial charge in [-0.2, -0.15) is 0 Å². The lowest BCUT2D eigenvalue weighted by molar-refractivity contribution is 0.460. The van der Waals surface area contributed by atoms with E-state index in [0.717, 1.165) is 43.4 Å². The van der Waals surface area contributed by atoms with Crippen molar-refractivity contribution < 1.29 is 0 Å². The number of likely N-dealkylation sites (tertiary alicyclic amines) is 1. The molecule has 1 saturated heterocycles. The summed E-state index contributed by atoms with van der Waals surface area (Å²) in [6.07, 6.45) is 3.41. The van der Waals surface area contributed by atoms with Crippen LogP contribution in [0.3, 0.4) is 0 Å². The van der Waals surface area contributed by atoms with Crippen LogP contribution >= 0.6 is 11.3 Å². The zero-order valence-electron chi connectivity index (χ0n) is 15.5. The van der Waals surface area contributed by atoms with Crippen molar-refractivity contribution in [3.63, 3.8) is 0 Å². The summed E-state index contributed by atoms with van der Waals surface area (Å²) < 4.78 is 0. The van der Waals surface area contributed by atoms with Gasteiger partial charge in [0.1, 0.15) is 0 Å². The van der Waals surface area contributed by atoms with Crippen molar-refractivity contribution in [1.82, 2.24) is 15.2 Å². The van der Waals surface area contributed by atoms with Gasteiger partial charge in [-0.25, -0.2) is 4.98 Å². The summed E-state index contributed by atoms with van der Waals surface area (Å²) in [5.74, 6) is 1.75. The summed E-state index contributed by atoms with van der Waals surface area (Å²) in [4.78, 5) is 12.8. The number of benzene rings is 1. The van der Waals surface area contributed by atoms with Crippen molar-refractivity contribution in [3.8, 4) is 0 Å². The Balaban J connectivity index is 1.48. The normalized spacial score (nSPS) is 18.0. The lowest BCUT2D eigenvalue weighted by atomic mass is 9.99. The number of thiazole rings is 1. The van der Waals surface area contributed by atoms with E-state index >= 15 is 0 Å². The van der Waals surface area contributed by atoms with Gasteiger partial charge in [-0.1, -0.05) is 30.3 Å². The van der Waals surface area contributed by atoms with Gasteiger partial charge in [0.2, 0.25) is 0 Å². The van der Waals surface area contributed by atoms with Crippen molar-refractivity contribution in [3.05, 3.63) is 51.5 Å². The first-order valence-corrected chi connectivity index (χ1v) is 9.89.